The van der Waals surface area contributed by atoms with Crippen LogP contribution in [0.1, 0.15) is 12.0 Å². The van der Waals surface area contributed by atoms with Crippen LogP contribution in [0.4, 0.5) is 0 Å². The fraction of sp³-hybridized carbons (Fsp3) is 0.550. The molecule has 0 N–H and O–H groups in total. The molecular weight excluding hydrogens is 330 g/mol. The number of imidazole rings is 1. The molecule has 1 spiro atoms. The summed E-state index contributed by atoms with van der Waals surface area (Å²) in [4.78, 5) is 6.59. The molecule has 0 bridgehead atoms. The van der Waals surface area contributed by atoms with Crippen LogP contribution >= 0.6 is 0 Å². The van der Waals surface area contributed by atoms with Gasteiger partial charge in [0.05, 0.1) is 33.3 Å². The molecule has 2 aromatic rings. The van der Waals surface area contributed by atoms with Crippen molar-refractivity contribution in [2.75, 3.05) is 40.0 Å². The molecule has 0 radical (unpaired) electrons. The predicted molar refractivity (Wildman–Crippen MR) is 98.1 cm³/mol. The number of benzene rings is 1. The Morgan fingerprint density at radius 2 is 2.19 bits per heavy atom. The molecule has 2 saturated heterocycles. The van der Waals surface area contributed by atoms with Gasteiger partial charge in [-0.25, -0.2) is 4.98 Å². The largest absolute Gasteiger partial charge is 0.497 e. The van der Waals surface area contributed by atoms with Gasteiger partial charge >= 0.3 is 0 Å². The van der Waals surface area contributed by atoms with Crippen molar-refractivity contribution in [2.45, 2.75) is 25.1 Å². The lowest BCUT2D eigenvalue weighted by Crippen LogP contribution is -2.43. The first-order chi connectivity index (χ1) is 12.7. The molecule has 0 saturated carbocycles. The second-order valence-electron chi connectivity index (χ2n) is 7.43. The van der Waals surface area contributed by atoms with Crippen LogP contribution in [0, 0.1) is 5.92 Å². The molecule has 6 heteroatoms. The zero-order chi connectivity index (χ0) is 17.8. The Balaban J connectivity index is 1.39. The van der Waals surface area contributed by atoms with Gasteiger partial charge in [0, 0.05) is 44.5 Å². The standard InChI is InChI=1S/C20H27N3O3/c1-24-19-4-2-17(3-5-19)11-22-8-9-25-15-20(14-22)10-18(13-26-20)12-23-7-6-21-16-23/h2-7,16,18H,8-15H2,1H3/t18-,20-/m0/s1. The topological polar surface area (TPSA) is 48.8 Å². The third-order valence-corrected chi connectivity index (χ3v) is 5.31. The molecule has 140 valence electrons. The van der Waals surface area contributed by atoms with Crippen LogP contribution in [0.3, 0.4) is 0 Å². The molecule has 6 nitrogen and oxygen atoms in total. The average molecular weight is 357 g/mol. The molecule has 2 fully saturated rings. The molecule has 2 aliphatic rings. The number of methoxy groups -OCH3 is 1. The molecule has 1 aromatic carbocycles. The van der Waals surface area contributed by atoms with Crippen LogP contribution in [-0.2, 0) is 22.6 Å². The molecule has 4 rings (SSSR count). The van der Waals surface area contributed by atoms with E-state index < -0.39 is 0 Å². The van der Waals surface area contributed by atoms with Crippen LogP contribution < -0.4 is 4.74 Å². The van der Waals surface area contributed by atoms with Crippen LogP contribution in [0.5, 0.6) is 5.75 Å². The third-order valence-electron chi connectivity index (χ3n) is 5.31. The van der Waals surface area contributed by atoms with Crippen molar-refractivity contribution in [1.29, 1.82) is 0 Å². The van der Waals surface area contributed by atoms with Crippen molar-refractivity contribution in [3.63, 3.8) is 0 Å². The molecule has 0 unspecified atom stereocenters. The van der Waals surface area contributed by atoms with E-state index in [1.807, 2.05) is 30.9 Å². The maximum atomic E-state index is 6.31. The summed E-state index contributed by atoms with van der Waals surface area (Å²) >= 11 is 0. The van der Waals surface area contributed by atoms with Crippen molar-refractivity contribution >= 4 is 0 Å². The first-order valence-corrected chi connectivity index (χ1v) is 9.27. The Morgan fingerprint density at radius 1 is 1.31 bits per heavy atom. The molecule has 26 heavy (non-hydrogen) atoms. The maximum absolute atomic E-state index is 6.31. The molecule has 0 aliphatic carbocycles. The van der Waals surface area contributed by atoms with E-state index in [1.54, 1.807) is 7.11 Å². The highest BCUT2D eigenvalue weighted by Crippen LogP contribution is 2.34. The lowest BCUT2D eigenvalue weighted by Gasteiger charge is -2.31. The van der Waals surface area contributed by atoms with E-state index in [4.69, 9.17) is 14.2 Å². The zero-order valence-corrected chi connectivity index (χ0v) is 15.3. The average Bonchev–Trinajstić information content (AvgIpc) is 3.25. The van der Waals surface area contributed by atoms with E-state index >= 15 is 0 Å². The SMILES string of the molecule is COc1ccc(CN2CCOC[C@]3(C[C@@H](Cn4ccnc4)CO3)C2)cc1. The summed E-state index contributed by atoms with van der Waals surface area (Å²) < 4.78 is 19.6. The molecular formula is C20H27N3O3. The summed E-state index contributed by atoms with van der Waals surface area (Å²) in [5.41, 5.74) is 1.10. The first-order valence-electron chi connectivity index (χ1n) is 9.27. The number of aromatic nitrogens is 2. The second kappa shape index (κ2) is 7.78. The van der Waals surface area contributed by atoms with Crippen LogP contribution in [-0.4, -0.2) is 60.1 Å². The summed E-state index contributed by atoms with van der Waals surface area (Å²) in [6, 6.07) is 8.31. The lowest BCUT2D eigenvalue weighted by molar-refractivity contribution is -0.0563. The fourth-order valence-electron chi connectivity index (χ4n) is 4.07. The van der Waals surface area contributed by atoms with Gasteiger partial charge < -0.3 is 18.8 Å². The predicted octanol–water partition coefficient (Wildman–Crippen LogP) is 2.20. The normalized spacial score (nSPS) is 26.9. The molecule has 3 heterocycles. The van der Waals surface area contributed by atoms with E-state index in [2.05, 4.69) is 26.6 Å². The quantitative estimate of drug-likeness (QED) is 0.821. The summed E-state index contributed by atoms with van der Waals surface area (Å²) in [5.74, 6) is 1.40. The van der Waals surface area contributed by atoms with E-state index in [0.29, 0.717) is 12.5 Å². The number of nitrogens with zero attached hydrogens (tertiary/aromatic N) is 3. The lowest BCUT2D eigenvalue weighted by atomic mass is 9.94. The number of hydrogen-bond donors (Lipinski definition) is 0. The van der Waals surface area contributed by atoms with Gasteiger partial charge in [0.2, 0.25) is 0 Å². The fourth-order valence-corrected chi connectivity index (χ4v) is 4.07. The van der Waals surface area contributed by atoms with Gasteiger partial charge in [0.1, 0.15) is 11.4 Å². The Labute approximate surface area is 154 Å². The van der Waals surface area contributed by atoms with E-state index in [1.165, 1.54) is 5.56 Å². The minimum Gasteiger partial charge on any atom is -0.497 e. The van der Waals surface area contributed by atoms with Gasteiger partial charge in [-0.2, -0.15) is 0 Å². The van der Waals surface area contributed by atoms with Crippen molar-refractivity contribution < 1.29 is 14.2 Å². The third kappa shape index (κ3) is 4.09. The van der Waals surface area contributed by atoms with Crippen molar-refractivity contribution in [2.24, 2.45) is 5.92 Å². The Morgan fingerprint density at radius 3 is 2.96 bits per heavy atom. The maximum Gasteiger partial charge on any atom is 0.118 e. The second-order valence-corrected chi connectivity index (χ2v) is 7.43. The zero-order valence-electron chi connectivity index (χ0n) is 15.3. The molecule has 1 aromatic heterocycles. The van der Waals surface area contributed by atoms with E-state index in [0.717, 1.165) is 51.6 Å². The smallest absolute Gasteiger partial charge is 0.118 e. The minimum absolute atomic E-state index is 0.186. The van der Waals surface area contributed by atoms with Gasteiger partial charge in [-0.15, -0.1) is 0 Å². The van der Waals surface area contributed by atoms with Gasteiger partial charge in [-0.3, -0.25) is 4.90 Å². The van der Waals surface area contributed by atoms with Crippen LogP contribution in [0.15, 0.2) is 43.0 Å². The van der Waals surface area contributed by atoms with Gasteiger partial charge in [-0.1, -0.05) is 12.1 Å². The summed E-state index contributed by atoms with van der Waals surface area (Å²) in [6.07, 6.45) is 6.76. The Bertz CT molecular complexity index is 689. The monoisotopic (exact) mass is 357 g/mol. The number of ether oxygens (including phenoxy) is 3. The number of rotatable bonds is 5. The number of hydrogen-bond acceptors (Lipinski definition) is 5. The van der Waals surface area contributed by atoms with Gasteiger partial charge in [-0.05, 0) is 24.1 Å². The highest BCUT2D eigenvalue weighted by atomic mass is 16.5. The van der Waals surface area contributed by atoms with Crippen molar-refractivity contribution in [1.82, 2.24) is 14.5 Å². The summed E-state index contributed by atoms with van der Waals surface area (Å²) in [5, 5.41) is 0. The summed E-state index contributed by atoms with van der Waals surface area (Å²) in [6.45, 7) is 5.95. The Hall–Kier alpha value is -1.89. The van der Waals surface area contributed by atoms with Crippen LogP contribution in [0.2, 0.25) is 0 Å². The highest BCUT2D eigenvalue weighted by Gasteiger charge is 2.43. The van der Waals surface area contributed by atoms with E-state index in [9.17, 15) is 0 Å². The minimum atomic E-state index is -0.186. The molecule has 2 atom stereocenters. The van der Waals surface area contributed by atoms with Crippen molar-refractivity contribution in [3.05, 3.63) is 48.5 Å². The van der Waals surface area contributed by atoms with Gasteiger partial charge in [0.15, 0.2) is 0 Å². The Kier molecular flexibility index (Phi) is 5.24. The van der Waals surface area contributed by atoms with E-state index in [-0.39, 0.29) is 5.60 Å². The first kappa shape index (κ1) is 17.5. The van der Waals surface area contributed by atoms with Crippen molar-refractivity contribution in [3.8, 4) is 5.75 Å². The van der Waals surface area contributed by atoms with Crippen LogP contribution in [0.25, 0.3) is 0 Å². The highest BCUT2D eigenvalue weighted by molar-refractivity contribution is 5.27. The van der Waals surface area contributed by atoms with Gasteiger partial charge in [0.25, 0.3) is 0 Å². The molecule has 2 aliphatic heterocycles. The summed E-state index contributed by atoms with van der Waals surface area (Å²) in [7, 11) is 1.70. The molecule has 0 amide bonds.